The molecule has 0 spiro atoms. The van der Waals surface area contributed by atoms with Crippen molar-refractivity contribution in [3.63, 3.8) is 0 Å². The zero-order valence-electron chi connectivity index (χ0n) is 13.2. The number of nitrogens with zero attached hydrogens (tertiary/aromatic N) is 2. The van der Waals surface area contributed by atoms with Gasteiger partial charge in [-0.2, -0.15) is 0 Å². The first kappa shape index (κ1) is 17.2. The lowest BCUT2D eigenvalue weighted by Crippen LogP contribution is -2.40. The smallest absolute Gasteiger partial charge is 0.313 e. The van der Waals surface area contributed by atoms with Crippen LogP contribution in [0.25, 0.3) is 0 Å². The van der Waals surface area contributed by atoms with Crippen LogP contribution in [0.4, 0.5) is 5.69 Å². The van der Waals surface area contributed by atoms with E-state index in [1.165, 1.54) is 18.2 Å². The molecule has 0 radical (unpaired) electrons. The summed E-state index contributed by atoms with van der Waals surface area (Å²) in [6, 6.07) is 10.7. The summed E-state index contributed by atoms with van der Waals surface area (Å²) in [7, 11) is 0. The number of ether oxygens (including phenoxy) is 2. The molecule has 2 aromatic carbocycles. The number of carbonyl (C=O) groups excluding carboxylic acids is 1. The topological polar surface area (TPSA) is 81.9 Å². The Morgan fingerprint density at radius 2 is 1.84 bits per heavy atom. The quantitative estimate of drug-likeness (QED) is 0.614. The number of carbonyl (C=O) groups is 1. The minimum Gasteiger partial charge on any atom is -0.449 e. The van der Waals surface area contributed by atoms with Crippen molar-refractivity contribution in [3.05, 3.63) is 63.2 Å². The molecule has 0 N–H and O–H groups in total. The summed E-state index contributed by atoms with van der Waals surface area (Å²) in [5.41, 5.74) is 0.295. The van der Waals surface area contributed by atoms with E-state index in [0.29, 0.717) is 37.6 Å². The SMILES string of the molecule is O=C(c1ccc(Oc2c(Cl)cccc2[N+](=O)[O-])cc1)N1CCOCC1. The first-order chi connectivity index (χ1) is 12.1. The number of para-hydroxylation sites is 1. The van der Waals surface area contributed by atoms with Crippen LogP contribution in [0.1, 0.15) is 10.4 Å². The molecule has 0 unspecified atom stereocenters. The Kier molecular flexibility index (Phi) is 5.16. The van der Waals surface area contributed by atoms with Gasteiger partial charge in [0.05, 0.1) is 23.2 Å². The Labute approximate surface area is 148 Å². The van der Waals surface area contributed by atoms with Crippen molar-refractivity contribution in [2.24, 2.45) is 0 Å². The highest BCUT2D eigenvalue weighted by Crippen LogP contribution is 2.37. The molecule has 2 aromatic rings. The van der Waals surface area contributed by atoms with E-state index in [1.54, 1.807) is 29.2 Å². The van der Waals surface area contributed by atoms with E-state index in [-0.39, 0.29) is 22.4 Å². The second-order valence-electron chi connectivity index (χ2n) is 5.38. The van der Waals surface area contributed by atoms with Gasteiger partial charge in [0.1, 0.15) is 5.75 Å². The van der Waals surface area contributed by atoms with Crippen LogP contribution in [0.5, 0.6) is 11.5 Å². The van der Waals surface area contributed by atoms with Crippen LogP contribution in [0.3, 0.4) is 0 Å². The van der Waals surface area contributed by atoms with E-state index >= 15 is 0 Å². The number of benzene rings is 2. The van der Waals surface area contributed by atoms with Crippen molar-refractivity contribution in [3.8, 4) is 11.5 Å². The summed E-state index contributed by atoms with van der Waals surface area (Å²) in [5.74, 6) is 0.245. The van der Waals surface area contributed by atoms with Crippen LogP contribution in [0.15, 0.2) is 42.5 Å². The van der Waals surface area contributed by atoms with Gasteiger partial charge in [0.2, 0.25) is 5.75 Å². The molecule has 130 valence electrons. The molecule has 1 heterocycles. The number of amides is 1. The average Bonchev–Trinajstić information content (AvgIpc) is 2.64. The van der Waals surface area contributed by atoms with E-state index in [4.69, 9.17) is 21.1 Å². The maximum absolute atomic E-state index is 12.4. The molecule has 1 aliphatic heterocycles. The Hall–Kier alpha value is -2.64. The molecule has 1 fully saturated rings. The zero-order chi connectivity index (χ0) is 17.8. The van der Waals surface area contributed by atoms with Crippen LogP contribution < -0.4 is 4.74 Å². The lowest BCUT2D eigenvalue weighted by molar-refractivity contribution is -0.385. The number of hydrogen-bond donors (Lipinski definition) is 0. The van der Waals surface area contributed by atoms with E-state index in [1.807, 2.05) is 0 Å². The van der Waals surface area contributed by atoms with Crippen LogP contribution >= 0.6 is 11.6 Å². The summed E-state index contributed by atoms with van der Waals surface area (Å²) >= 11 is 6.00. The van der Waals surface area contributed by atoms with Crippen LogP contribution in [-0.2, 0) is 4.74 Å². The third-order valence-electron chi connectivity index (χ3n) is 3.76. The summed E-state index contributed by atoms with van der Waals surface area (Å²) in [6.07, 6.45) is 0. The molecule has 1 saturated heterocycles. The largest absolute Gasteiger partial charge is 0.449 e. The van der Waals surface area contributed by atoms with Gasteiger partial charge in [-0.25, -0.2) is 0 Å². The Morgan fingerprint density at radius 3 is 2.48 bits per heavy atom. The van der Waals surface area contributed by atoms with E-state index in [9.17, 15) is 14.9 Å². The van der Waals surface area contributed by atoms with Crippen molar-refractivity contribution in [1.82, 2.24) is 4.90 Å². The highest BCUT2D eigenvalue weighted by Gasteiger charge is 2.20. The zero-order valence-corrected chi connectivity index (χ0v) is 13.9. The molecule has 0 atom stereocenters. The van der Waals surface area contributed by atoms with Gasteiger partial charge in [-0.05, 0) is 30.3 Å². The Balaban J connectivity index is 1.77. The van der Waals surface area contributed by atoms with Crippen molar-refractivity contribution in [2.45, 2.75) is 0 Å². The van der Waals surface area contributed by atoms with Crippen molar-refractivity contribution in [1.29, 1.82) is 0 Å². The predicted octanol–water partition coefficient (Wildman–Crippen LogP) is 3.51. The number of morpholine rings is 1. The summed E-state index contributed by atoms with van der Waals surface area (Å²) in [4.78, 5) is 24.6. The molecule has 0 bridgehead atoms. The van der Waals surface area contributed by atoms with Gasteiger partial charge >= 0.3 is 5.69 Å². The first-order valence-corrected chi connectivity index (χ1v) is 8.02. The van der Waals surface area contributed by atoms with Crippen molar-refractivity contribution >= 4 is 23.2 Å². The van der Waals surface area contributed by atoms with E-state index < -0.39 is 4.92 Å². The third-order valence-corrected chi connectivity index (χ3v) is 4.06. The average molecular weight is 363 g/mol. The highest BCUT2D eigenvalue weighted by molar-refractivity contribution is 6.32. The molecule has 1 amide bonds. The van der Waals surface area contributed by atoms with Crippen molar-refractivity contribution < 1.29 is 19.2 Å². The van der Waals surface area contributed by atoms with Gasteiger partial charge < -0.3 is 14.4 Å². The number of halogens is 1. The van der Waals surface area contributed by atoms with Gasteiger partial charge in [0, 0.05) is 24.7 Å². The minimum atomic E-state index is -0.558. The molecule has 3 rings (SSSR count). The van der Waals surface area contributed by atoms with Gasteiger partial charge in [0.15, 0.2) is 0 Å². The molecule has 0 saturated carbocycles. The fourth-order valence-electron chi connectivity index (χ4n) is 2.47. The molecule has 25 heavy (non-hydrogen) atoms. The van der Waals surface area contributed by atoms with Crippen LogP contribution in [0.2, 0.25) is 5.02 Å². The number of nitro benzene ring substituents is 1. The fourth-order valence-corrected chi connectivity index (χ4v) is 2.68. The number of nitro groups is 1. The third kappa shape index (κ3) is 3.89. The molecule has 0 aromatic heterocycles. The molecule has 1 aliphatic rings. The van der Waals surface area contributed by atoms with Crippen LogP contribution in [0, 0.1) is 10.1 Å². The summed E-state index contributed by atoms with van der Waals surface area (Å²) in [5, 5.41) is 11.2. The van der Waals surface area contributed by atoms with Gasteiger partial charge in [-0.15, -0.1) is 0 Å². The van der Waals surface area contributed by atoms with E-state index in [0.717, 1.165) is 0 Å². The second kappa shape index (κ2) is 7.50. The summed E-state index contributed by atoms with van der Waals surface area (Å²) in [6.45, 7) is 2.18. The van der Waals surface area contributed by atoms with Crippen LogP contribution in [-0.4, -0.2) is 42.0 Å². The van der Waals surface area contributed by atoms with Gasteiger partial charge in [-0.3, -0.25) is 14.9 Å². The predicted molar refractivity (Wildman–Crippen MR) is 91.3 cm³/mol. The molecular formula is C17H15ClN2O5. The molecule has 0 aliphatic carbocycles. The molecule has 7 nitrogen and oxygen atoms in total. The first-order valence-electron chi connectivity index (χ1n) is 7.64. The maximum Gasteiger partial charge on any atom is 0.313 e. The van der Waals surface area contributed by atoms with Crippen molar-refractivity contribution in [2.75, 3.05) is 26.3 Å². The Bertz CT molecular complexity index is 788. The molecular weight excluding hydrogens is 348 g/mol. The monoisotopic (exact) mass is 362 g/mol. The number of hydrogen-bond acceptors (Lipinski definition) is 5. The fraction of sp³-hybridized carbons (Fsp3) is 0.235. The lowest BCUT2D eigenvalue weighted by Gasteiger charge is -2.26. The Morgan fingerprint density at radius 1 is 1.16 bits per heavy atom. The standard InChI is InChI=1S/C17H15ClN2O5/c18-14-2-1-3-15(20(22)23)16(14)25-13-6-4-12(5-7-13)17(21)19-8-10-24-11-9-19/h1-7H,8-11H2. The molecule has 8 heteroatoms. The number of rotatable bonds is 4. The normalized spacial score (nSPS) is 14.2. The lowest BCUT2D eigenvalue weighted by atomic mass is 10.2. The van der Waals surface area contributed by atoms with Gasteiger partial charge in [0.25, 0.3) is 5.91 Å². The second-order valence-corrected chi connectivity index (χ2v) is 5.78. The minimum absolute atomic E-state index is 0.0265. The maximum atomic E-state index is 12.4. The van der Waals surface area contributed by atoms with Gasteiger partial charge in [-0.1, -0.05) is 17.7 Å². The summed E-state index contributed by atoms with van der Waals surface area (Å²) < 4.78 is 10.8. The van der Waals surface area contributed by atoms with E-state index in [2.05, 4.69) is 0 Å². The highest BCUT2D eigenvalue weighted by atomic mass is 35.5.